The lowest BCUT2D eigenvalue weighted by Crippen LogP contribution is -2.24. The first-order valence-electron chi connectivity index (χ1n) is 7.71. The molecule has 0 saturated carbocycles. The van der Waals surface area contributed by atoms with Crippen LogP contribution in [0.4, 0.5) is 0 Å². The summed E-state index contributed by atoms with van der Waals surface area (Å²) in [7, 11) is 0. The van der Waals surface area contributed by atoms with Crippen molar-refractivity contribution in [2.24, 2.45) is 0 Å². The van der Waals surface area contributed by atoms with Crippen LogP contribution in [0.3, 0.4) is 0 Å². The second kappa shape index (κ2) is 8.91. The maximum absolute atomic E-state index is 3.66. The van der Waals surface area contributed by atoms with Gasteiger partial charge in [-0.05, 0) is 31.0 Å². The van der Waals surface area contributed by atoms with Gasteiger partial charge in [-0.1, -0.05) is 67.1 Å². The van der Waals surface area contributed by atoms with Gasteiger partial charge in [0.15, 0.2) is 0 Å². The fourth-order valence-electron chi connectivity index (χ4n) is 2.37. The first kappa shape index (κ1) is 16.1. The average Bonchev–Trinajstić information content (AvgIpc) is 2.51. The van der Waals surface area contributed by atoms with Gasteiger partial charge in [-0.3, -0.25) is 0 Å². The Balaban J connectivity index is 1.90. The number of aryl methyl sites for hydroxylation is 1. The lowest BCUT2D eigenvalue weighted by atomic mass is 10.1. The van der Waals surface area contributed by atoms with Crippen LogP contribution < -0.4 is 5.32 Å². The van der Waals surface area contributed by atoms with Gasteiger partial charge in [0.1, 0.15) is 0 Å². The Kier molecular flexibility index (Phi) is 6.84. The number of hydrogen-bond donors (Lipinski definition) is 1. The molecule has 1 atom stereocenters. The summed E-state index contributed by atoms with van der Waals surface area (Å²) in [4.78, 5) is 0. The van der Waals surface area contributed by atoms with E-state index in [1.165, 1.54) is 23.1 Å². The van der Waals surface area contributed by atoms with Gasteiger partial charge in [0.25, 0.3) is 0 Å². The smallest absolute Gasteiger partial charge is 0.0411 e. The molecule has 0 spiro atoms. The molecule has 0 bridgehead atoms. The summed E-state index contributed by atoms with van der Waals surface area (Å²) in [5, 5.41) is 3.66. The van der Waals surface area contributed by atoms with Gasteiger partial charge < -0.3 is 5.32 Å². The van der Waals surface area contributed by atoms with E-state index in [1.807, 2.05) is 11.8 Å². The highest BCUT2D eigenvalue weighted by atomic mass is 32.2. The van der Waals surface area contributed by atoms with Gasteiger partial charge in [0, 0.05) is 17.5 Å². The molecule has 112 valence electrons. The standard InChI is InChI=1S/C19H25NS/c1-3-12-20-19(18-10-5-4-6-11-18)15-21-14-17-9-7-8-16(2)13-17/h4-11,13,19-20H,3,12,14-15H2,1-2H3. The maximum atomic E-state index is 3.66. The highest BCUT2D eigenvalue weighted by molar-refractivity contribution is 7.98. The molecule has 0 radical (unpaired) electrons. The van der Waals surface area contributed by atoms with Gasteiger partial charge in [-0.15, -0.1) is 0 Å². The molecule has 0 fully saturated rings. The van der Waals surface area contributed by atoms with Crippen LogP contribution in [0.2, 0.25) is 0 Å². The van der Waals surface area contributed by atoms with Gasteiger partial charge in [-0.25, -0.2) is 0 Å². The van der Waals surface area contributed by atoms with E-state index in [2.05, 4.69) is 73.8 Å². The third-order valence-electron chi connectivity index (χ3n) is 3.48. The summed E-state index contributed by atoms with van der Waals surface area (Å²) in [5.74, 6) is 2.19. The number of nitrogens with one attached hydrogen (secondary N) is 1. The largest absolute Gasteiger partial charge is 0.309 e. The molecule has 0 aliphatic carbocycles. The maximum Gasteiger partial charge on any atom is 0.0411 e. The lowest BCUT2D eigenvalue weighted by molar-refractivity contribution is 0.577. The van der Waals surface area contributed by atoms with Crippen LogP contribution in [0, 0.1) is 6.92 Å². The van der Waals surface area contributed by atoms with E-state index >= 15 is 0 Å². The van der Waals surface area contributed by atoms with Crippen molar-refractivity contribution in [2.75, 3.05) is 12.3 Å². The monoisotopic (exact) mass is 299 g/mol. The Morgan fingerprint density at radius 2 is 1.86 bits per heavy atom. The molecule has 0 aliphatic rings. The molecule has 0 saturated heterocycles. The quantitative estimate of drug-likeness (QED) is 0.738. The molecule has 1 N–H and O–H groups in total. The summed E-state index contributed by atoms with van der Waals surface area (Å²) in [6.45, 7) is 5.45. The van der Waals surface area contributed by atoms with Crippen molar-refractivity contribution in [1.82, 2.24) is 5.32 Å². The minimum atomic E-state index is 0.445. The molecule has 0 aliphatic heterocycles. The number of benzene rings is 2. The van der Waals surface area contributed by atoms with Crippen LogP contribution in [-0.4, -0.2) is 12.3 Å². The molecular weight excluding hydrogens is 274 g/mol. The summed E-state index contributed by atoms with van der Waals surface area (Å²) in [5.41, 5.74) is 4.15. The van der Waals surface area contributed by atoms with E-state index in [9.17, 15) is 0 Å². The van der Waals surface area contributed by atoms with E-state index in [1.54, 1.807) is 0 Å². The summed E-state index contributed by atoms with van der Waals surface area (Å²) in [6.07, 6.45) is 1.17. The first-order valence-corrected chi connectivity index (χ1v) is 8.86. The Morgan fingerprint density at radius 1 is 1.05 bits per heavy atom. The molecule has 2 heteroatoms. The minimum absolute atomic E-state index is 0.445. The van der Waals surface area contributed by atoms with Crippen LogP contribution in [0.5, 0.6) is 0 Å². The fourth-order valence-corrected chi connectivity index (χ4v) is 3.45. The second-order valence-electron chi connectivity index (χ2n) is 5.42. The lowest BCUT2D eigenvalue weighted by Gasteiger charge is -2.18. The number of hydrogen-bond acceptors (Lipinski definition) is 2. The number of rotatable bonds is 8. The highest BCUT2D eigenvalue weighted by Gasteiger charge is 2.10. The molecule has 0 aromatic heterocycles. The third kappa shape index (κ3) is 5.56. The Labute approximate surface area is 133 Å². The Hall–Kier alpha value is -1.25. The summed E-state index contributed by atoms with van der Waals surface area (Å²) < 4.78 is 0. The third-order valence-corrected chi connectivity index (χ3v) is 4.58. The van der Waals surface area contributed by atoms with Crippen LogP contribution in [-0.2, 0) is 5.75 Å². The fraction of sp³-hybridized carbons (Fsp3) is 0.368. The van der Waals surface area contributed by atoms with Crippen molar-refractivity contribution in [2.45, 2.75) is 32.1 Å². The van der Waals surface area contributed by atoms with E-state index in [0.717, 1.165) is 18.1 Å². The zero-order valence-corrected chi connectivity index (χ0v) is 13.8. The van der Waals surface area contributed by atoms with Gasteiger partial charge in [0.05, 0.1) is 0 Å². The molecule has 2 aromatic carbocycles. The average molecular weight is 299 g/mol. The van der Waals surface area contributed by atoms with Crippen molar-refractivity contribution in [3.05, 3.63) is 71.3 Å². The van der Waals surface area contributed by atoms with Crippen LogP contribution in [0.25, 0.3) is 0 Å². The zero-order chi connectivity index (χ0) is 14.9. The van der Waals surface area contributed by atoms with Gasteiger partial charge in [0.2, 0.25) is 0 Å². The van der Waals surface area contributed by atoms with Crippen molar-refractivity contribution < 1.29 is 0 Å². The van der Waals surface area contributed by atoms with Gasteiger partial charge >= 0.3 is 0 Å². The Morgan fingerprint density at radius 3 is 2.57 bits per heavy atom. The molecule has 1 nitrogen and oxygen atoms in total. The van der Waals surface area contributed by atoms with Crippen molar-refractivity contribution in [1.29, 1.82) is 0 Å². The van der Waals surface area contributed by atoms with Crippen LogP contribution in [0.15, 0.2) is 54.6 Å². The topological polar surface area (TPSA) is 12.0 Å². The van der Waals surface area contributed by atoms with E-state index in [4.69, 9.17) is 0 Å². The normalized spacial score (nSPS) is 12.3. The zero-order valence-electron chi connectivity index (χ0n) is 13.0. The van der Waals surface area contributed by atoms with Crippen molar-refractivity contribution in [3.8, 4) is 0 Å². The highest BCUT2D eigenvalue weighted by Crippen LogP contribution is 2.21. The van der Waals surface area contributed by atoms with E-state index < -0.39 is 0 Å². The molecular formula is C19H25NS. The molecule has 2 rings (SSSR count). The van der Waals surface area contributed by atoms with Crippen molar-refractivity contribution in [3.63, 3.8) is 0 Å². The van der Waals surface area contributed by atoms with Crippen molar-refractivity contribution >= 4 is 11.8 Å². The summed E-state index contributed by atoms with van der Waals surface area (Å²) in [6, 6.07) is 20.0. The van der Waals surface area contributed by atoms with E-state index in [-0.39, 0.29) is 0 Å². The summed E-state index contributed by atoms with van der Waals surface area (Å²) >= 11 is 2.01. The van der Waals surface area contributed by atoms with Crippen LogP contribution in [0.1, 0.15) is 36.1 Å². The predicted octanol–water partition coefficient (Wildman–Crippen LogP) is 4.97. The van der Waals surface area contributed by atoms with E-state index in [0.29, 0.717) is 6.04 Å². The van der Waals surface area contributed by atoms with Gasteiger partial charge in [-0.2, -0.15) is 11.8 Å². The molecule has 0 amide bonds. The van der Waals surface area contributed by atoms with Crippen LogP contribution >= 0.6 is 11.8 Å². The predicted molar refractivity (Wildman–Crippen MR) is 94.8 cm³/mol. The molecule has 21 heavy (non-hydrogen) atoms. The SMILES string of the molecule is CCCNC(CSCc1cccc(C)c1)c1ccccc1. The molecule has 1 unspecified atom stereocenters. The Bertz CT molecular complexity index is 524. The molecule has 2 aromatic rings. The number of thioether (sulfide) groups is 1. The molecule has 0 heterocycles. The first-order chi connectivity index (χ1) is 10.3. The minimum Gasteiger partial charge on any atom is -0.309 e. The second-order valence-corrected chi connectivity index (χ2v) is 6.45.